The van der Waals surface area contributed by atoms with Crippen LogP contribution in [0.25, 0.3) is 0 Å². The third-order valence-corrected chi connectivity index (χ3v) is 10.3. The van der Waals surface area contributed by atoms with Crippen molar-refractivity contribution in [1.82, 2.24) is 30.7 Å². The summed E-state index contributed by atoms with van der Waals surface area (Å²) in [5, 5.41) is 18.6. The summed E-state index contributed by atoms with van der Waals surface area (Å²) in [5.41, 5.74) is -1.78. The minimum atomic E-state index is -2.08. The zero-order chi connectivity index (χ0) is 33.9. The molecule has 7 amide bonds. The summed E-state index contributed by atoms with van der Waals surface area (Å²) in [6.45, 7) is 1.98. The molecule has 0 bridgehead atoms. The van der Waals surface area contributed by atoms with Gasteiger partial charge in [-0.25, -0.2) is 10.6 Å². The maximum absolute atomic E-state index is 13.9. The topological polar surface area (TPSA) is 218 Å². The Hall–Kier alpha value is -5.10. The van der Waals surface area contributed by atoms with Crippen molar-refractivity contribution >= 4 is 65.6 Å². The van der Waals surface area contributed by atoms with Crippen molar-refractivity contribution in [2.24, 2.45) is 0 Å². The number of carboxylic acids is 1. The minimum Gasteiger partial charge on any atom is -0.543 e. The van der Waals surface area contributed by atoms with E-state index in [0.717, 1.165) is 21.6 Å². The lowest BCUT2D eigenvalue weighted by atomic mass is 9.94. The van der Waals surface area contributed by atoms with E-state index in [2.05, 4.69) is 16.0 Å². The average Bonchev–Trinajstić information content (AvgIpc) is 3.07. The molecule has 246 valence electrons. The van der Waals surface area contributed by atoms with E-state index in [1.54, 1.807) is 49.6 Å². The largest absolute Gasteiger partial charge is 0.543 e. The lowest BCUT2D eigenvalue weighted by molar-refractivity contribution is -0.639. The van der Waals surface area contributed by atoms with Gasteiger partial charge in [-0.3, -0.25) is 33.8 Å². The number of carboxylic acid groups (broad SMARTS) is 1. The second kappa shape index (κ2) is 13.7. The van der Waals surface area contributed by atoms with E-state index in [-0.39, 0.29) is 48.8 Å². The zero-order valence-corrected chi connectivity index (χ0v) is 26.5. The number of hydrogen-bond acceptors (Lipinski definition) is 11. The fraction of sp³-hybridized carbons (Fsp3) is 0.310. The molecule has 0 radical (unpaired) electrons. The molecule has 47 heavy (non-hydrogen) atoms. The Morgan fingerprint density at radius 1 is 1.13 bits per heavy atom. The van der Waals surface area contributed by atoms with Crippen molar-refractivity contribution in [2.75, 3.05) is 37.0 Å². The number of rotatable bonds is 11. The first-order valence-corrected chi connectivity index (χ1v) is 16.3. The van der Waals surface area contributed by atoms with Crippen LogP contribution in [-0.4, -0.2) is 98.9 Å². The first-order valence-electron chi connectivity index (χ1n) is 14.3. The van der Waals surface area contributed by atoms with Crippen LogP contribution in [0.4, 0.5) is 4.79 Å². The van der Waals surface area contributed by atoms with Gasteiger partial charge in [0.25, 0.3) is 5.91 Å². The summed E-state index contributed by atoms with van der Waals surface area (Å²) in [7, 11) is 0. The number of thioether (sulfide) groups is 2. The van der Waals surface area contributed by atoms with Crippen LogP contribution in [0.5, 0.6) is 0 Å². The molecule has 16 nitrogen and oxygen atoms in total. The predicted octanol–water partition coefficient (Wildman–Crippen LogP) is -2.60. The maximum Gasteiger partial charge on any atom is 0.325 e. The second-order valence-corrected chi connectivity index (χ2v) is 12.7. The number of urea groups is 1. The van der Waals surface area contributed by atoms with E-state index in [9.17, 15) is 38.7 Å². The average molecular weight is 683 g/mol. The number of carbonyl (C=O) groups excluding carboxylic acids is 7. The van der Waals surface area contributed by atoms with Gasteiger partial charge in [0.15, 0.2) is 12.4 Å². The molecule has 2 saturated heterocycles. The fourth-order valence-electron chi connectivity index (χ4n) is 5.37. The van der Waals surface area contributed by atoms with Crippen molar-refractivity contribution < 1.29 is 43.3 Å². The highest BCUT2D eigenvalue weighted by atomic mass is 32.2. The number of carbonyl (C=O) groups is 7. The molecule has 0 aliphatic carbocycles. The van der Waals surface area contributed by atoms with E-state index in [1.807, 2.05) is 0 Å². The number of aliphatic carboxylic acids is 1. The Bertz CT molecular complexity index is 1660. The number of nitrogens with zero attached hydrogens (tertiary/aromatic N) is 4. The fourth-order valence-corrected chi connectivity index (χ4v) is 7.82. The van der Waals surface area contributed by atoms with Gasteiger partial charge in [-0.2, -0.15) is 0 Å². The Morgan fingerprint density at radius 3 is 2.47 bits per heavy atom. The van der Waals surface area contributed by atoms with Crippen molar-refractivity contribution in [2.45, 2.75) is 28.9 Å². The van der Waals surface area contributed by atoms with E-state index in [0.29, 0.717) is 10.5 Å². The summed E-state index contributed by atoms with van der Waals surface area (Å²) < 4.78 is 1.35. The van der Waals surface area contributed by atoms with Crippen LogP contribution in [0, 0.1) is 0 Å². The molecule has 4 heterocycles. The third-order valence-electron chi connectivity index (χ3n) is 7.79. The minimum absolute atomic E-state index is 0.105. The molecule has 0 saturated carbocycles. The van der Waals surface area contributed by atoms with Gasteiger partial charge < -0.3 is 30.8 Å². The molecule has 18 heteroatoms. The summed E-state index contributed by atoms with van der Waals surface area (Å²) in [6, 6.07) is 8.90. The molecular formula is C29H30N8O8S2. The molecule has 1 aromatic carbocycles. The van der Waals surface area contributed by atoms with Crippen LogP contribution in [-0.2, 0) is 28.8 Å². The lowest BCUT2D eigenvalue weighted by Crippen LogP contribution is -2.85. The van der Waals surface area contributed by atoms with Crippen LogP contribution >= 0.6 is 23.5 Å². The number of fused-ring (bicyclic) bond motifs is 1. The molecule has 5 rings (SSSR count). The Kier molecular flexibility index (Phi) is 9.71. The molecular weight excluding hydrogens is 653 g/mol. The molecule has 1 aromatic heterocycles. The number of likely N-dealkylation sites (N-methyl/N-ethyl adjacent to an activating group) is 1. The number of nitrogens with one attached hydrogen (secondary N) is 3. The highest BCUT2D eigenvalue weighted by Gasteiger charge is 2.65. The number of pyridine rings is 1. The first kappa shape index (κ1) is 33.3. The van der Waals surface area contributed by atoms with E-state index in [4.69, 9.17) is 5.84 Å². The lowest BCUT2D eigenvalue weighted by Gasteiger charge is -2.57. The highest BCUT2D eigenvalue weighted by molar-refractivity contribution is 8.01. The standard InChI is InChI=1S/C29H30N8O8S2/c1-2-34-12-13-36(24(41)23(34)40)28(45)32-20(17-6-4-3-5-7-17)22(39)33-29(31-16-38)26(44)37-21(25(42)43)18(15-47-27(29)37)14-46-19-8-10-35(30)11-9-19/h3-11,16,20,27H,2,12-15,30H2,1H3,(H3-,31,32,33,38,39,42,43,45)/t20-,27-,29-/m1/s1. The number of piperazine rings is 1. The molecule has 0 spiro atoms. The number of aromatic nitrogens is 1. The number of benzene rings is 1. The zero-order valence-electron chi connectivity index (χ0n) is 24.9. The van der Waals surface area contributed by atoms with Crippen molar-refractivity contribution in [3.63, 3.8) is 0 Å². The molecule has 2 fully saturated rings. The summed E-state index contributed by atoms with van der Waals surface area (Å²) in [5.74, 6) is 0.587. The van der Waals surface area contributed by atoms with Gasteiger partial charge in [0.1, 0.15) is 11.4 Å². The molecule has 0 unspecified atom stereocenters. The number of amides is 7. The molecule has 3 atom stereocenters. The smallest absolute Gasteiger partial charge is 0.325 e. The van der Waals surface area contributed by atoms with Crippen molar-refractivity contribution in [3.05, 3.63) is 71.7 Å². The van der Waals surface area contributed by atoms with Gasteiger partial charge in [0.05, 0.1) is 11.7 Å². The van der Waals surface area contributed by atoms with Crippen molar-refractivity contribution in [3.8, 4) is 0 Å². The Morgan fingerprint density at radius 2 is 1.83 bits per heavy atom. The number of hydrogen-bond donors (Lipinski definition) is 4. The predicted molar refractivity (Wildman–Crippen MR) is 164 cm³/mol. The number of β-lactam (4-membered cyclic amide) rings is 1. The SMILES string of the molecule is CCN1CCN(C(=O)N[C@@H](C(=O)N[C@]2(NC=O)C(=O)N3C(C(=O)[O-])=C(CSc4cc[n+](N)cc4)CS[C@@H]32)c2ccccc2)C(=O)C1=O. The van der Waals surface area contributed by atoms with Crippen LogP contribution in [0.1, 0.15) is 18.5 Å². The first-order chi connectivity index (χ1) is 22.5. The van der Waals surface area contributed by atoms with E-state index < -0.39 is 52.7 Å². The Labute approximate surface area is 276 Å². The number of imide groups is 1. The van der Waals surface area contributed by atoms with E-state index >= 15 is 0 Å². The van der Waals surface area contributed by atoms with Crippen LogP contribution in [0.3, 0.4) is 0 Å². The maximum atomic E-state index is 13.9. The summed E-state index contributed by atoms with van der Waals surface area (Å²) >= 11 is 2.44. The van der Waals surface area contributed by atoms with Gasteiger partial charge in [0.2, 0.25) is 18.0 Å². The molecule has 3 aliphatic heterocycles. The van der Waals surface area contributed by atoms with Crippen molar-refractivity contribution in [1.29, 1.82) is 0 Å². The molecule has 5 N–H and O–H groups in total. The Balaban J connectivity index is 1.38. The van der Waals surface area contributed by atoms with Crippen LogP contribution in [0.15, 0.2) is 71.0 Å². The van der Waals surface area contributed by atoms with Crippen LogP contribution in [0.2, 0.25) is 0 Å². The summed E-state index contributed by atoms with van der Waals surface area (Å²) in [4.78, 5) is 93.7. The van der Waals surface area contributed by atoms with Gasteiger partial charge in [-0.1, -0.05) is 35.0 Å². The highest BCUT2D eigenvalue weighted by Crippen LogP contribution is 2.45. The van der Waals surface area contributed by atoms with E-state index in [1.165, 1.54) is 33.5 Å². The number of nitrogens with two attached hydrogens (primary N) is 1. The summed E-state index contributed by atoms with van der Waals surface area (Å²) in [6.07, 6.45) is 3.45. The van der Waals surface area contributed by atoms with Gasteiger partial charge in [-0.05, 0) is 18.1 Å². The molecule has 3 aliphatic rings. The normalized spacial score (nSPS) is 21.4. The molecule has 2 aromatic rings. The second-order valence-electron chi connectivity index (χ2n) is 10.5. The third kappa shape index (κ3) is 6.33. The number of nitrogen functional groups attached to an aromatic ring is 1. The van der Waals surface area contributed by atoms with Gasteiger partial charge in [-0.15, -0.1) is 23.5 Å². The quantitative estimate of drug-likeness (QED) is 0.0366. The van der Waals surface area contributed by atoms with Gasteiger partial charge >= 0.3 is 17.8 Å². The van der Waals surface area contributed by atoms with Gasteiger partial charge in [0, 0.05) is 48.2 Å². The monoisotopic (exact) mass is 682 g/mol. The van der Waals surface area contributed by atoms with Crippen LogP contribution < -0.4 is 31.6 Å².